The van der Waals surface area contributed by atoms with Crippen LogP contribution in [0.25, 0.3) is 0 Å². The van der Waals surface area contributed by atoms with Crippen LogP contribution in [0, 0.1) is 11.8 Å². The molecule has 1 heterocycles. The number of nitrogens with one attached hydrogen (secondary N) is 1. The fourth-order valence-corrected chi connectivity index (χ4v) is 2.58. The number of hydrogen-bond acceptors (Lipinski definition) is 3. The van der Waals surface area contributed by atoms with E-state index in [2.05, 4.69) is 21.8 Å². The van der Waals surface area contributed by atoms with Crippen LogP contribution in [-0.4, -0.2) is 27.8 Å². The molecule has 0 radical (unpaired) electrons. The number of aliphatic hydroxyl groups excluding tert-OH is 1. The summed E-state index contributed by atoms with van der Waals surface area (Å²) in [5.41, 5.74) is 0. The Bertz CT molecular complexity index is 324. The first kappa shape index (κ1) is 11.5. The van der Waals surface area contributed by atoms with E-state index in [1.807, 2.05) is 12.4 Å². The van der Waals surface area contributed by atoms with Crippen LogP contribution in [-0.2, 0) is 6.54 Å². The molecule has 1 saturated carbocycles. The summed E-state index contributed by atoms with van der Waals surface area (Å²) in [5, 5.41) is 12.6. The number of aliphatic hydroxyl groups is 1. The lowest BCUT2D eigenvalue weighted by Gasteiger charge is -2.18. The number of imidazole rings is 1. The van der Waals surface area contributed by atoms with Gasteiger partial charge in [0.25, 0.3) is 0 Å². The van der Waals surface area contributed by atoms with Gasteiger partial charge in [-0.1, -0.05) is 6.42 Å². The minimum atomic E-state index is 0.328. The van der Waals surface area contributed by atoms with Crippen molar-refractivity contribution >= 4 is 5.95 Å². The first-order chi connectivity index (χ1) is 7.85. The zero-order valence-electron chi connectivity index (χ0n) is 9.89. The quantitative estimate of drug-likeness (QED) is 0.799. The van der Waals surface area contributed by atoms with Crippen molar-refractivity contribution in [2.45, 2.75) is 32.7 Å². The zero-order chi connectivity index (χ0) is 11.4. The second-order valence-corrected chi connectivity index (χ2v) is 4.55. The van der Waals surface area contributed by atoms with Crippen LogP contribution >= 0.6 is 0 Å². The number of anilines is 1. The molecule has 1 aromatic heterocycles. The molecule has 1 aliphatic carbocycles. The minimum Gasteiger partial charge on any atom is -0.396 e. The smallest absolute Gasteiger partial charge is 0.202 e. The molecular weight excluding hydrogens is 202 g/mol. The number of nitrogens with zero attached hydrogens (tertiary/aromatic N) is 2. The average Bonchev–Trinajstić information content (AvgIpc) is 2.94. The van der Waals surface area contributed by atoms with Crippen LogP contribution < -0.4 is 5.32 Å². The fourth-order valence-electron chi connectivity index (χ4n) is 2.58. The first-order valence-electron chi connectivity index (χ1n) is 6.21. The van der Waals surface area contributed by atoms with Crippen LogP contribution in [0.2, 0.25) is 0 Å². The molecule has 2 unspecified atom stereocenters. The van der Waals surface area contributed by atoms with E-state index in [-0.39, 0.29) is 0 Å². The summed E-state index contributed by atoms with van der Waals surface area (Å²) in [6, 6.07) is 0. The molecular formula is C12H21N3O. The SMILES string of the molecule is CCn1ccnc1NCC1CCCC1CO. The molecule has 0 bridgehead atoms. The molecule has 4 heteroatoms. The molecule has 0 spiro atoms. The van der Waals surface area contributed by atoms with Crippen LogP contribution in [0.1, 0.15) is 26.2 Å². The molecule has 4 nitrogen and oxygen atoms in total. The largest absolute Gasteiger partial charge is 0.396 e. The lowest BCUT2D eigenvalue weighted by Crippen LogP contribution is -2.22. The molecule has 1 aliphatic rings. The predicted octanol–water partition coefficient (Wildman–Crippen LogP) is 1.72. The van der Waals surface area contributed by atoms with Crippen molar-refractivity contribution in [3.05, 3.63) is 12.4 Å². The Labute approximate surface area is 96.7 Å². The van der Waals surface area contributed by atoms with E-state index >= 15 is 0 Å². The third kappa shape index (κ3) is 2.38. The van der Waals surface area contributed by atoms with Crippen molar-refractivity contribution in [2.75, 3.05) is 18.5 Å². The normalized spacial score (nSPS) is 24.9. The molecule has 0 aromatic carbocycles. The lowest BCUT2D eigenvalue weighted by molar-refractivity contribution is 0.198. The van der Waals surface area contributed by atoms with E-state index < -0.39 is 0 Å². The van der Waals surface area contributed by atoms with E-state index in [1.54, 1.807) is 0 Å². The van der Waals surface area contributed by atoms with Gasteiger partial charge >= 0.3 is 0 Å². The minimum absolute atomic E-state index is 0.328. The summed E-state index contributed by atoms with van der Waals surface area (Å²) in [7, 11) is 0. The second kappa shape index (κ2) is 5.34. The predicted molar refractivity (Wildman–Crippen MR) is 64.3 cm³/mol. The van der Waals surface area contributed by atoms with Crippen LogP contribution in [0.15, 0.2) is 12.4 Å². The monoisotopic (exact) mass is 223 g/mol. The zero-order valence-corrected chi connectivity index (χ0v) is 9.89. The Morgan fingerprint density at radius 2 is 2.31 bits per heavy atom. The van der Waals surface area contributed by atoms with Crippen molar-refractivity contribution in [1.82, 2.24) is 9.55 Å². The van der Waals surface area contributed by atoms with Gasteiger partial charge in [0.15, 0.2) is 0 Å². The number of rotatable bonds is 5. The van der Waals surface area contributed by atoms with Gasteiger partial charge in [-0.05, 0) is 31.6 Å². The molecule has 0 saturated heterocycles. The highest BCUT2D eigenvalue weighted by Crippen LogP contribution is 2.31. The van der Waals surface area contributed by atoms with E-state index in [0.29, 0.717) is 18.4 Å². The Hall–Kier alpha value is -1.03. The van der Waals surface area contributed by atoms with Gasteiger partial charge in [0, 0.05) is 32.1 Å². The molecule has 0 aliphatic heterocycles. The van der Waals surface area contributed by atoms with Crippen molar-refractivity contribution < 1.29 is 5.11 Å². The summed E-state index contributed by atoms with van der Waals surface area (Å²) in [4.78, 5) is 4.29. The standard InChI is InChI=1S/C12H21N3O/c1-2-15-7-6-13-12(15)14-8-10-4-3-5-11(10)9-16/h6-7,10-11,16H,2-5,8-9H2,1H3,(H,13,14). The molecule has 1 aromatic rings. The Kier molecular flexibility index (Phi) is 3.83. The van der Waals surface area contributed by atoms with Crippen LogP contribution in [0.5, 0.6) is 0 Å². The van der Waals surface area contributed by atoms with E-state index in [4.69, 9.17) is 0 Å². The Morgan fingerprint density at radius 3 is 3.06 bits per heavy atom. The van der Waals surface area contributed by atoms with Gasteiger partial charge in [0.1, 0.15) is 0 Å². The average molecular weight is 223 g/mol. The number of hydrogen-bond donors (Lipinski definition) is 2. The van der Waals surface area contributed by atoms with Gasteiger partial charge in [-0.2, -0.15) is 0 Å². The van der Waals surface area contributed by atoms with Crippen molar-refractivity contribution in [3.63, 3.8) is 0 Å². The van der Waals surface area contributed by atoms with E-state index in [9.17, 15) is 5.11 Å². The lowest BCUT2D eigenvalue weighted by atomic mass is 9.97. The molecule has 2 rings (SSSR count). The molecule has 0 amide bonds. The Morgan fingerprint density at radius 1 is 1.50 bits per heavy atom. The summed E-state index contributed by atoms with van der Waals surface area (Å²) < 4.78 is 2.10. The highest BCUT2D eigenvalue weighted by atomic mass is 16.3. The van der Waals surface area contributed by atoms with E-state index in [1.165, 1.54) is 19.3 Å². The molecule has 2 atom stereocenters. The van der Waals surface area contributed by atoms with Gasteiger partial charge in [-0.25, -0.2) is 4.98 Å². The van der Waals surface area contributed by atoms with Gasteiger partial charge in [0.05, 0.1) is 0 Å². The highest BCUT2D eigenvalue weighted by Gasteiger charge is 2.26. The maximum absolute atomic E-state index is 9.25. The second-order valence-electron chi connectivity index (χ2n) is 4.55. The van der Waals surface area contributed by atoms with Crippen molar-refractivity contribution in [2.24, 2.45) is 11.8 Å². The molecule has 90 valence electrons. The third-order valence-corrected chi connectivity index (χ3v) is 3.63. The number of aromatic nitrogens is 2. The summed E-state index contributed by atoms with van der Waals surface area (Å²) in [6.07, 6.45) is 7.46. The van der Waals surface area contributed by atoms with Gasteiger partial charge < -0.3 is 15.0 Å². The summed E-state index contributed by atoms with van der Waals surface area (Å²) >= 11 is 0. The maximum atomic E-state index is 9.25. The van der Waals surface area contributed by atoms with E-state index in [0.717, 1.165) is 19.0 Å². The maximum Gasteiger partial charge on any atom is 0.202 e. The van der Waals surface area contributed by atoms with Crippen LogP contribution in [0.3, 0.4) is 0 Å². The van der Waals surface area contributed by atoms with Crippen molar-refractivity contribution in [3.8, 4) is 0 Å². The summed E-state index contributed by atoms with van der Waals surface area (Å²) in [6.45, 7) is 4.31. The molecule has 2 N–H and O–H groups in total. The third-order valence-electron chi connectivity index (χ3n) is 3.63. The van der Waals surface area contributed by atoms with Gasteiger partial charge in [-0.15, -0.1) is 0 Å². The Balaban J connectivity index is 1.87. The first-order valence-corrected chi connectivity index (χ1v) is 6.21. The van der Waals surface area contributed by atoms with Crippen LogP contribution in [0.4, 0.5) is 5.95 Å². The fraction of sp³-hybridized carbons (Fsp3) is 0.750. The topological polar surface area (TPSA) is 50.1 Å². The number of aryl methyl sites for hydroxylation is 1. The van der Waals surface area contributed by atoms with Gasteiger partial charge in [-0.3, -0.25) is 0 Å². The van der Waals surface area contributed by atoms with Crippen molar-refractivity contribution in [1.29, 1.82) is 0 Å². The summed E-state index contributed by atoms with van der Waals surface area (Å²) in [5.74, 6) is 2.04. The highest BCUT2D eigenvalue weighted by molar-refractivity contribution is 5.25. The van der Waals surface area contributed by atoms with Gasteiger partial charge in [0.2, 0.25) is 5.95 Å². The molecule has 16 heavy (non-hydrogen) atoms. The molecule has 1 fully saturated rings.